The first-order chi connectivity index (χ1) is 11.9. The summed E-state index contributed by atoms with van der Waals surface area (Å²) in [6.07, 6.45) is 4.37. The van der Waals surface area contributed by atoms with E-state index in [-0.39, 0.29) is 21.9 Å². The van der Waals surface area contributed by atoms with E-state index in [0.717, 1.165) is 31.0 Å². The molecule has 0 spiro atoms. The first kappa shape index (κ1) is 19.3. The highest BCUT2D eigenvalue weighted by Gasteiger charge is 2.34. The highest BCUT2D eigenvalue weighted by atomic mass is 35.5. The van der Waals surface area contributed by atoms with Gasteiger partial charge in [0.2, 0.25) is 0 Å². The van der Waals surface area contributed by atoms with Crippen LogP contribution in [0.5, 0.6) is 5.75 Å². The number of hydrogen-bond acceptors (Lipinski definition) is 5. The Morgan fingerprint density at radius 2 is 2.12 bits per heavy atom. The fourth-order valence-electron chi connectivity index (χ4n) is 2.23. The van der Waals surface area contributed by atoms with Crippen LogP contribution in [0.2, 0.25) is 5.02 Å². The first-order valence-electron chi connectivity index (χ1n) is 7.82. The molecule has 1 fully saturated rings. The van der Waals surface area contributed by atoms with Crippen molar-refractivity contribution < 1.29 is 24.2 Å². The lowest BCUT2D eigenvalue weighted by atomic mass is 10.2. The minimum absolute atomic E-state index is 0.233. The molecular weight excluding hydrogens is 366 g/mol. The maximum atomic E-state index is 12.3. The summed E-state index contributed by atoms with van der Waals surface area (Å²) in [7, 11) is 0. The number of hydrogen-bond donors (Lipinski definition) is 1. The Morgan fingerprint density at radius 3 is 2.76 bits per heavy atom. The molecule has 1 N–H and O–H groups in total. The molecule has 6 nitrogen and oxygen atoms in total. The van der Waals surface area contributed by atoms with Gasteiger partial charge >= 0.3 is 5.97 Å². The molecule has 1 saturated heterocycles. The van der Waals surface area contributed by atoms with Crippen molar-refractivity contribution in [1.29, 1.82) is 0 Å². The number of carbonyl (C=O) groups is 3. The molecule has 0 saturated carbocycles. The largest absolute Gasteiger partial charge is 0.480 e. The molecule has 0 aliphatic carbocycles. The first-order valence-corrected chi connectivity index (χ1v) is 9.01. The van der Waals surface area contributed by atoms with Gasteiger partial charge in [-0.1, -0.05) is 37.4 Å². The van der Waals surface area contributed by atoms with Gasteiger partial charge in [0.05, 0.1) is 9.93 Å². The van der Waals surface area contributed by atoms with Gasteiger partial charge in [-0.25, -0.2) is 4.79 Å². The summed E-state index contributed by atoms with van der Waals surface area (Å²) in [5.74, 6) is -1.15. The molecule has 1 aliphatic heterocycles. The fourth-order valence-corrected chi connectivity index (χ4v) is 3.34. The Hall–Kier alpha value is -1.99. The monoisotopic (exact) mass is 383 g/mol. The summed E-state index contributed by atoms with van der Waals surface area (Å²) in [6, 6.07) is 4.74. The van der Waals surface area contributed by atoms with Crippen LogP contribution in [0.1, 0.15) is 31.7 Å². The predicted molar refractivity (Wildman–Crippen MR) is 96.8 cm³/mol. The maximum absolute atomic E-state index is 12.3. The van der Waals surface area contributed by atoms with Crippen LogP contribution in [-0.4, -0.2) is 40.3 Å². The van der Waals surface area contributed by atoms with Gasteiger partial charge in [0.1, 0.15) is 5.75 Å². The highest BCUT2D eigenvalue weighted by Crippen LogP contribution is 2.34. The Balaban J connectivity index is 2.09. The van der Waals surface area contributed by atoms with E-state index in [0.29, 0.717) is 17.0 Å². The third-order valence-corrected chi connectivity index (χ3v) is 4.67. The van der Waals surface area contributed by atoms with Gasteiger partial charge in [0.15, 0.2) is 6.61 Å². The third kappa shape index (κ3) is 5.24. The zero-order chi connectivity index (χ0) is 18.4. The van der Waals surface area contributed by atoms with Crippen molar-refractivity contribution in [3.63, 3.8) is 0 Å². The molecule has 8 heteroatoms. The summed E-state index contributed by atoms with van der Waals surface area (Å²) >= 11 is 6.97. The zero-order valence-corrected chi connectivity index (χ0v) is 15.2. The van der Waals surface area contributed by atoms with E-state index >= 15 is 0 Å². The van der Waals surface area contributed by atoms with Crippen LogP contribution in [0, 0.1) is 0 Å². The molecule has 0 atom stereocenters. The SMILES string of the molecule is CCCCCN1C(=O)S/C(=C\c2ccc(OCC(=O)O)c(Cl)c2)C1=O. The van der Waals surface area contributed by atoms with Gasteiger partial charge in [-0.2, -0.15) is 0 Å². The Bertz CT molecular complexity index is 719. The van der Waals surface area contributed by atoms with Gasteiger partial charge in [-0.05, 0) is 42.0 Å². The van der Waals surface area contributed by atoms with Crippen molar-refractivity contribution in [2.75, 3.05) is 13.2 Å². The summed E-state index contributed by atoms with van der Waals surface area (Å²) in [5.41, 5.74) is 0.631. The van der Waals surface area contributed by atoms with Crippen LogP contribution in [-0.2, 0) is 9.59 Å². The lowest BCUT2D eigenvalue weighted by molar-refractivity contribution is -0.139. The standard InChI is InChI=1S/C17H18ClNO5S/c1-2-3-4-7-19-16(22)14(25-17(19)23)9-11-5-6-13(12(18)8-11)24-10-15(20)21/h5-6,8-9H,2-4,7,10H2,1H3,(H,20,21)/b14-9-. The molecule has 1 aromatic rings. The number of ether oxygens (including phenoxy) is 1. The zero-order valence-electron chi connectivity index (χ0n) is 13.7. The molecule has 0 radical (unpaired) electrons. The van der Waals surface area contributed by atoms with Crippen molar-refractivity contribution in [2.24, 2.45) is 0 Å². The van der Waals surface area contributed by atoms with E-state index in [1.165, 1.54) is 11.0 Å². The molecule has 1 aromatic carbocycles. The molecule has 0 unspecified atom stereocenters. The van der Waals surface area contributed by atoms with E-state index in [9.17, 15) is 14.4 Å². The smallest absolute Gasteiger partial charge is 0.341 e. The number of thioether (sulfide) groups is 1. The van der Waals surface area contributed by atoms with Crippen molar-refractivity contribution >= 4 is 46.6 Å². The fraction of sp³-hybridized carbons (Fsp3) is 0.353. The van der Waals surface area contributed by atoms with Crippen molar-refractivity contribution in [1.82, 2.24) is 4.90 Å². The summed E-state index contributed by atoms with van der Waals surface area (Å²) in [5, 5.41) is 8.58. The second-order valence-electron chi connectivity index (χ2n) is 5.41. The maximum Gasteiger partial charge on any atom is 0.341 e. The molecule has 134 valence electrons. The van der Waals surface area contributed by atoms with Gasteiger partial charge in [0.25, 0.3) is 11.1 Å². The Kier molecular flexibility index (Phi) is 6.90. The topological polar surface area (TPSA) is 83.9 Å². The molecule has 2 rings (SSSR count). The lowest BCUT2D eigenvalue weighted by Crippen LogP contribution is -2.29. The normalized spacial score (nSPS) is 15.9. The molecule has 0 bridgehead atoms. The second kappa shape index (κ2) is 8.92. The van der Waals surface area contributed by atoms with E-state index in [1.54, 1.807) is 18.2 Å². The third-order valence-electron chi connectivity index (χ3n) is 3.46. The van der Waals surface area contributed by atoms with E-state index < -0.39 is 12.6 Å². The minimum Gasteiger partial charge on any atom is -0.480 e. The number of amides is 2. The number of unbranched alkanes of at least 4 members (excludes halogenated alkanes) is 2. The lowest BCUT2D eigenvalue weighted by Gasteiger charge is -2.11. The number of rotatable bonds is 8. The summed E-state index contributed by atoms with van der Waals surface area (Å²) in [6.45, 7) is 2.00. The number of halogens is 1. The van der Waals surface area contributed by atoms with Gasteiger partial charge in [-0.15, -0.1) is 0 Å². The molecule has 2 amide bonds. The number of nitrogens with zero attached hydrogens (tertiary/aromatic N) is 1. The highest BCUT2D eigenvalue weighted by molar-refractivity contribution is 8.18. The van der Waals surface area contributed by atoms with Gasteiger partial charge in [0, 0.05) is 6.54 Å². The number of imide groups is 1. The van der Waals surface area contributed by atoms with Crippen LogP contribution >= 0.6 is 23.4 Å². The number of carboxylic acids is 1. The minimum atomic E-state index is -1.10. The molecule has 1 aliphatic rings. The van der Waals surface area contributed by atoms with Crippen molar-refractivity contribution in [2.45, 2.75) is 26.2 Å². The second-order valence-corrected chi connectivity index (χ2v) is 6.81. The average Bonchev–Trinajstić information content (AvgIpc) is 2.81. The summed E-state index contributed by atoms with van der Waals surface area (Å²) < 4.78 is 5.05. The van der Waals surface area contributed by atoms with E-state index in [1.807, 2.05) is 0 Å². The molecule has 0 aromatic heterocycles. The Morgan fingerprint density at radius 1 is 1.36 bits per heavy atom. The number of carboxylic acid groups (broad SMARTS) is 1. The van der Waals surface area contributed by atoms with Crippen LogP contribution in [0.15, 0.2) is 23.1 Å². The van der Waals surface area contributed by atoms with Crippen molar-refractivity contribution in [3.8, 4) is 5.75 Å². The quantitative estimate of drug-likeness (QED) is 0.539. The van der Waals surface area contributed by atoms with Crippen molar-refractivity contribution in [3.05, 3.63) is 33.7 Å². The molecule has 1 heterocycles. The van der Waals surface area contributed by atoms with Crippen LogP contribution in [0.3, 0.4) is 0 Å². The van der Waals surface area contributed by atoms with Crippen LogP contribution < -0.4 is 4.74 Å². The van der Waals surface area contributed by atoms with E-state index in [4.69, 9.17) is 21.4 Å². The summed E-state index contributed by atoms with van der Waals surface area (Å²) in [4.78, 5) is 36.4. The van der Waals surface area contributed by atoms with E-state index in [2.05, 4.69) is 6.92 Å². The number of carbonyl (C=O) groups excluding carboxylic acids is 2. The van der Waals surface area contributed by atoms with Crippen LogP contribution in [0.4, 0.5) is 4.79 Å². The average molecular weight is 384 g/mol. The van der Waals surface area contributed by atoms with Crippen LogP contribution in [0.25, 0.3) is 6.08 Å². The van der Waals surface area contributed by atoms with Gasteiger partial charge in [-0.3, -0.25) is 14.5 Å². The Labute approximate surface area is 154 Å². The van der Waals surface area contributed by atoms with Gasteiger partial charge < -0.3 is 9.84 Å². The molecular formula is C17H18ClNO5S. The number of aliphatic carboxylic acids is 1. The predicted octanol–water partition coefficient (Wildman–Crippen LogP) is 4.03. The molecule has 25 heavy (non-hydrogen) atoms. The number of benzene rings is 1.